The monoisotopic (exact) mass is 398 g/mol. The zero-order chi connectivity index (χ0) is 20.5. The number of likely N-dealkylation sites (tertiary alicyclic amines) is 2. The summed E-state index contributed by atoms with van der Waals surface area (Å²) in [5.41, 5.74) is 0.787. The molecule has 0 bridgehead atoms. The molecule has 1 aromatic rings. The van der Waals surface area contributed by atoms with Crippen molar-refractivity contribution in [3.05, 3.63) is 35.9 Å². The van der Waals surface area contributed by atoms with Crippen LogP contribution in [-0.2, 0) is 20.8 Å². The standard InChI is InChI=1S/C19H21F3N2O4/c20-19(21,22)14-11-23(10-13(14)18(27)28)17(26)15-7-4-8-24(15)16(25)9-12-5-2-1-3-6-12/h1-3,5-6,13-15H,4,7-11H2,(H,27,28)/t13-,14-,15?/m1/s1. The van der Waals surface area contributed by atoms with Gasteiger partial charge < -0.3 is 14.9 Å². The number of halogens is 3. The molecule has 152 valence electrons. The van der Waals surface area contributed by atoms with Crippen molar-refractivity contribution in [2.75, 3.05) is 19.6 Å². The molecule has 2 fully saturated rings. The van der Waals surface area contributed by atoms with E-state index in [9.17, 15) is 27.6 Å². The number of hydrogen-bond acceptors (Lipinski definition) is 3. The first-order valence-corrected chi connectivity index (χ1v) is 9.10. The molecule has 9 heteroatoms. The molecule has 1 aromatic carbocycles. The van der Waals surface area contributed by atoms with E-state index in [0.717, 1.165) is 10.5 Å². The van der Waals surface area contributed by atoms with Crippen LogP contribution >= 0.6 is 0 Å². The molecule has 2 saturated heterocycles. The van der Waals surface area contributed by atoms with Crippen molar-refractivity contribution in [1.29, 1.82) is 0 Å². The Balaban J connectivity index is 1.71. The van der Waals surface area contributed by atoms with Crippen molar-refractivity contribution in [3.8, 4) is 0 Å². The van der Waals surface area contributed by atoms with E-state index >= 15 is 0 Å². The molecule has 28 heavy (non-hydrogen) atoms. The van der Waals surface area contributed by atoms with Crippen molar-refractivity contribution in [3.63, 3.8) is 0 Å². The molecule has 2 heterocycles. The van der Waals surface area contributed by atoms with Gasteiger partial charge in [-0.2, -0.15) is 13.2 Å². The quantitative estimate of drug-likeness (QED) is 0.841. The molecule has 1 N–H and O–H groups in total. The Bertz CT molecular complexity index is 753. The molecule has 0 spiro atoms. The fraction of sp³-hybridized carbons (Fsp3) is 0.526. The second-order valence-corrected chi connectivity index (χ2v) is 7.24. The Labute approximate surface area is 159 Å². The first-order valence-electron chi connectivity index (χ1n) is 9.10. The van der Waals surface area contributed by atoms with Gasteiger partial charge in [-0.3, -0.25) is 14.4 Å². The highest BCUT2D eigenvalue weighted by molar-refractivity contribution is 5.89. The molecule has 6 nitrogen and oxygen atoms in total. The molecule has 3 rings (SSSR count). The molecule has 0 aliphatic carbocycles. The van der Waals surface area contributed by atoms with Gasteiger partial charge in [0.05, 0.1) is 18.3 Å². The summed E-state index contributed by atoms with van der Waals surface area (Å²) in [5, 5.41) is 9.11. The summed E-state index contributed by atoms with van der Waals surface area (Å²) in [5.74, 6) is -6.20. The van der Waals surface area contributed by atoms with Gasteiger partial charge >= 0.3 is 12.1 Å². The normalized spacial score (nSPS) is 25.2. The number of nitrogens with zero attached hydrogens (tertiary/aromatic N) is 2. The summed E-state index contributed by atoms with van der Waals surface area (Å²) in [6.07, 6.45) is -3.65. The van der Waals surface area contributed by atoms with Gasteiger partial charge in [0, 0.05) is 19.6 Å². The number of carboxylic acid groups (broad SMARTS) is 1. The molecule has 1 unspecified atom stereocenters. The van der Waals surface area contributed by atoms with E-state index in [4.69, 9.17) is 5.11 Å². The average Bonchev–Trinajstić information content (AvgIpc) is 3.29. The van der Waals surface area contributed by atoms with Gasteiger partial charge in [-0.25, -0.2) is 0 Å². The molecule has 0 saturated carbocycles. The molecular weight excluding hydrogens is 377 g/mol. The molecule has 2 aliphatic heterocycles. The van der Waals surface area contributed by atoms with Crippen molar-refractivity contribution in [1.82, 2.24) is 9.80 Å². The Hall–Kier alpha value is -2.58. The average molecular weight is 398 g/mol. The zero-order valence-electron chi connectivity index (χ0n) is 15.1. The summed E-state index contributed by atoms with van der Waals surface area (Å²) < 4.78 is 39.5. The third-order valence-electron chi connectivity index (χ3n) is 5.43. The lowest BCUT2D eigenvalue weighted by atomic mass is 9.96. The van der Waals surface area contributed by atoms with E-state index in [1.54, 1.807) is 24.3 Å². The van der Waals surface area contributed by atoms with Gasteiger partial charge in [0.2, 0.25) is 11.8 Å². The van der Waals surface area contributed by atoms with Gasteiger partial charge in [0.1, 0.15) is 6.04 Å². The SMILES string of the molecule is O=C(O)[C@@H]1CN(C(=O)C2CCCN2C(=O)Cc2ccccc2)C[C@H]1C(F)(F)F. The van der Waals surface area contributed by atoms with Gasteiger partial charge in [-0.15, -0.1) is 0 Å². The van der Waals surface area contributed by atoms with E-state index in [0.29, 0.717) is 19.4 Å². The van der Waals surface area contributed by atoms with Crippen LogP contribution in [0.25, 0.3) is 0 Å². The van der Waals surface area contributed by atoms with E-state index in [-0.39, 0.29) is 12.3 Å². The van der Waals surface area contributed by atoms with Gasteiger partial charge in [0.15, 0.2) is 0 Å². The number of benzene rings is 1. The Morgan fingerprint density at radius 2 is 1.79 bits per heavy atom. The van der Waals surface area contributed by atoms with E-state index in [2.05, 4.69) is 0 Å². The van der Waals surface area contributed by atoms with Crippen LogP contribution < -0.4 is 0 Å². The minimum Gasteiger partial charge on any atom is -0.481 e. The Morgan fingerprint density at radius 1 is 1.11 bits per heavy atom. The van der Waals surface area contributed by atoms with Crippen LogP contribution in [0.5, 0.6) is 0 Å². The second kappa shape index (κ2) is 7.81. The fourth-order valence-corrected chi connectivity index (χ4v) is 3.97. The highest BCUT2D eigenvalue weighted by atomic mass is 19.4. The highest BCUT2D eigenvalue weighted by Crippen LogP contribution is 2.38. The van der Waals surface area contributed by atoms with Crippen LogP contribution in [0.1, 0.15) is 18.4 Å². The summed E-state index contributed by atoms with van der Waals surface area (Å²) in [4.78, 5) is 39.0. The summed E-state index contributed by atoms with van der Waals surface area (Å²) in [6.45, 7) is -0.812. The predicted molar refractivity (Wildman–Crippen MR) is 92.1 cm³/mol. The van der Waals surface area contributed by atoms with Gasteiger partial charge in [-0.05, 0) is 18.4 Å². The minimum atomic E-state index is -4.70. The number of carbonyl (C=O) groups excluding carboxylic acids is 2. The maximum absolute atomic E-state index is 13.2. The first kappa shape index (κ1) is 20.2. The maximum atomic E-state index is 13.2. The van der Waals surface area contributed by atoms with Crippen LogP contribution in [0.15, 0.2) is 30.3 Å². The van der Waals surface area contributed by atoms with Crippen LogP contribution in [0.4, 0.5) is 13.2 Å². The number of aliphatic carboxylic acids is 1. The number of hydrogen-bond donors (Lipinski definition) is 1. The summed E-state index contributed by atoms with van der Waals surface area (Å²) >= 11 is 0. The van der Waals surface area contributed by atoms with Crippen molar-refractivity contribution >= 4 is 17.8 Å². The third-order valence-corrected chi connectivity index (χ3v) is 5.43. The van der Waals surface area contributed by atoms with Gasteiger partial charge in [0.25, 0.3) is 0 Å². The van der Waals surface area contributed by atoms with Crippen molar-refractivity contribution in [2.24, 2.45) is 11.8 Å². The number of alkyl halides is 3. The summed E-state index contributed by atoms with van der Waals surface area (Å²) in [7, 11) is 0. The zero-order valence-corrected chi connectivity index (χ0v) is 15.1. The molecule has 0 aromatic heterocycles. The molecule has 3 atom stereocenters. The van der Waals surface area contributed by atoms with E-state index < -0.39 is 49.0 Å². The van der Waals surface area contributed by atoms with Crippen LogP contribution in [0, 0.1) is 11.8 Å². The number of carboxylic acids is 1. The van der Waals surface area contributed by atoms with E-state index in [1.807, 2.05) is 6.07 Å². The fourth-order valence-electron chi connectivity index (χ4n) is 3.97. The van der Waals surface area contributed by atoms with Crippen molar-refractivity contribution < 1.29 is 32.7 Å². The third kappa shape index (κ3) is 4.13. The second-order valence-electron chi connectivity index (χ2n) is 7.24. The summed E-state index contributed by atoms with van der Waals surface area (Å²) in [6, 6.07) is 8.15. The smallest absolute Gasteiger partial charge is 0.394 e. The van der Waals surface area contributed by atoms with Gasteiger partial charge in [-0.1, -0.05) is 30.3 Å². The van der Waals surface area contributed by atoms with Crippen LogP contribution in [0.2, 0.25) is 0 Å². The molecule has 0 radical (unpaired) electrons. The topological polar surface area (TPSA) is 77.9 Å². The number of rotatable bonds is 4. The molecule has 2 aliphatic rings. The van der Waals surface area contributed by atoms with Crippen LogP contribution in [0.3, 0.4) is 0 Å². The highest BCUT2D eigenvalue weighted by Gasteiger charge is 2.54. The lowest BCUT2D eigenvalue weighted by Gasteiger charge is -2.28. The lowest BCUT2D eigenvalue weighted by molar-refractivity contribution is -0.188. The molecule has 2 amide bonds. The molecular formula is C19H21F3N2O4. The van der Waals surface area contributed by atoms with Crippen molar-refractivity contribution in [2.45, 2.75) is 31.5 Å². The van der Waals surface area contributed by atoms with E-state index in [1.165, 1.54) is 4.90 Å². The largest absolute Gasteiger partial charge is 0.481 e. The first-order chi connectivity index (χ1) is 13.2. The Morgan fingerprint density at radius 3 is 2.36 bits per heavy atom. The van der Waals surface area contributed by atoms with Crippen LogP contribution in [-0.4, -0.2) is 64.5 Å². The maximum Gasteiger partial charge on any atom is 0.394 e. The number of carbonyl (C=O) groups is 3. The predicted octanol–water partition coefficient (Wildman–Crippen LogP) is 1.94. The number of amides is 2. The lowest BCUT2D eigenvalue weighted by Crippen LogP contribution is -2.48. The minimum absolute atomic E-state index is 0.105. The Kier molecular flexibility index (Phi) is 5.62.